The number of hydrogen-bond donors (Lipinski definition) is 2. The molecule has 94 valence electrons. The summed E-state index contributed by atoms with van der Waals surface area (Å²) in [7, 11) is 3.91. The van der Waals surface area contributed by atoms with Gasteiger partial charge in [0.2, 0.25) is 0 Å². The Morgan fingerprint density at radius 1 is 1.59 bits per heavy atom. The van der Waals surface area contributed by atoms with E-state index in [0.29, 0.717) is 6.54 Å². The molecule has 1 heterocycles. The van der Waals surface area contributed by atoms with Gasteiger partial charge in [-0.25, -0.2) is 9.37 Å². The number of rotatable bonds is 5. The number of aromatic nitrogens is 1. The zero-order chi connectivity index (χ0) is 12.8. The quantitative estimate of drug-likeness (QED) is 0.735. The lowest BCUT2D eigenvalue weighted by Gasteiger charge is -2.10. The number of anilines is 1. The van der Waals surface area contributed by atoms with Gasteiger partial charge in [-0.3, -0.25) is 4.79 Å². The van der Waals surface area contributed by atoms with Gasteiger partial charge in [-0.2, -0.15) is 0 Å². The average Bonchev–Trinajstić information content (AvgIpc) is 2.27. The third kappa shape index (κ3) is 4.36. The van der Waals surface area contributed by atoms with Gasteiger partial charge in [0.1, 0.15) is 11.6 Å². The van der Waals surface area contributed by atoms with Gasteiger partial charge in [0.25, 0.3) is 5.91 Å². The average molecular weight is 240 g/mol. The highest BCUT2D eigenvalue weighted by Gasteiger charge is 2.11. The number of nitrogens with zero attached hydrogens (tertiary/aromatic N) is 2. The number of nitrogens with two attached hydrogens (primary N) is 1. The second kappa shape index (κ2) is 6.15. The van der Waals surface area contributed by atoms with Crippen LogP contribution in [0.2, 0.25) is 0 Å². The fourth-order valence-corrected chi connectivity index (χ4v) is 1.32. The molecule has 1 amide bonds. The first kappa shape index (κ1) is 13.4. The Balaban J connectivity index is 2.49. The highest BCUT2D eigenvalue weighted by atomic mass is 19.1. The number of halogens is 1. The summed E-state index contributed by atoms with van der Waals surface area (Å²) in [6, 6.07) is 1.09. The van der Waals surface area contributed by atoms with Gasteiger partial charge in [-0.05, 0) is 33.1 Å². The Labute approximate surface area is 99.8 Å². The summed E-state index contributed by atoms with van der Waals surface area (Å²) in [5, 5.41) is 2.67. The molecule has 0 aliphatic heterocycles. The van der Waals surface area contributed by atoms with Crippen LogP contribution in [0.15, 0.2) is 12.3 Å². The van der Waals surface area contributed by atoms with E-state index in [1.807, 2.05) is 19.0 Å². The predicted octanol–water partition coefficient (Wildman–Crippen LogP) is 0.484. The molecule has 5 nitrogen and oxygen atoms in total. The Kier molecular flexibility index (Phi) is 4.84. The van der Waals surface area contributed by atoms with Crippen molar-refractivity contribution in [3.8, 4) is 0 Å². The van der Waals surface area contributed by atoms with Crippen LogP contribution in [0.25, 0.3) is 0 Å². The monoisotopic (exact) mass is 240 g/mol. The number of pyridine rings is 1. The van der Waals surface area contributed by atoms with Crippen LogP contribution in [0, 0.1) is 5.82 Å². The van der Waals surface area contributed by atoms with Gasteiger partial charge < -0.3 is 16.0 Å². The molecule has 1 rings (SSSR count). The third-order valence-electron chi connectivity index (χ3n) is 2.20. The highest BCUT2D eigenvalue weighted by Crippen LogP contribution is 2.09. The SMILES string of the molecule is CN(C)CCCNC(=O)c1cc(F)cnc1N. The molecule has 0 fully saturated rings. The van der Waals surface area contributed by atoms with Crippen molar-refractivity contribution in [2.24, 2.45) is 0 Å². The van der Waals surface area contributed by atoms with Crippen molar-refractivity contribution in [1.82, 2.24) is 15.2 Å². The Bertz CT molecular complexity index is 395. The number of carbonyl (C=O) groups is 1. The molecular weight excluding hydrogens is 223 g/mol. The minimum atomic E-state index is -0.572. The minimum absolute atomic E-state index is 0.0384. The van der Waals surface area contributed by atoms with Crippen molar-refractivity contribution in [3.63, 3.8) is 0 Å². The summed E-state index contributed by atoms with van der Waals surface area (Å²) >= 11 is 0. The van der Waals surface area contributed by atoms with E-state index in [1.54, 1.807) is 0 Å². The van der Waals surface area contributed by atoms with E-state index in [2.05, 4.69) is 10.3 Å². The van der Waals surface area contributed by atoms with Crippen molar-refractivity contribution in [3.05, 3.63) is 23.6 Å². The molecule has 0 atom stereocenters. The van der Waals surface area contributed by atoms with Crippen molar-refractivity contribution in [1.29, 1.82) is 0 Å². The molecule has 0 aliphatic rings. The highest BCUT2D eigenvalue weighted by molar-refractivity contribution is 5.98. The molecule has 0 unspecified atom stereocenters. The Hall–Kier alpha value is -1.69. The molecule has 1 aromatic rings. The predicted molar refractivity (Wildman–Crippen MR) is 64.1 cm³/mol. The fraction of sp³-hybridized carbons (Fsp3) is 0.455. The zero-order valence-electron chi connectivity index (χ0n) is 10.0. The van der Waals surface area contributed by atoms with Gasteiger partial charge >= 0.3 is 0 Å². The number of amides is 1. The van der Waals surface area contributed by atoms with E-state index in [1.165, 1.54) is 0 Å². The largest absolute Gasteiger partial charge is 0.383 e. The Morgan fingerprint density at radius 3 is 2.94 bits per heavy atom. The second-order valence-corrected chi connectivity index (χ2v) is 4.00. The van der Waals surface area contributed by atoms with E-state index in [0.717, 1.165) is 25.2 Å². The standard InChI is InChI=1S/C11H17FN4O/c1-16(2)5-3-4-14-11(17)9-6-8(12)7-15-10(9)13/h6-7H,3-5H2,1-2H3,(H2,13,15)(H,14,17). The van der Waals surface area contributed by atoms with Crippen LogP contribution < -0.4 is 11.1 Å². The number of nitrogen functional groups attached to an aromatic ring is 1. The van der Waals surface area contributed by atoms with Crippen LogP contribution in [-0.4, -0.2) is 43.0 Å². The van der Waals surface area contributed by atoms with E-state index < -0.39 is 11.7 Å². The number of carbonyl (C=O) groups excluding carboxylic acids is 1. The second-order valence-electron chi connectivity index (χ2n) is 4.00. The van der Waals surface area contributed by atoms with Crippen LogP contribution in [0.4, 0.5) is 10.2 Å². The summed E-state index contributed by atoms with van der Waals surface area (Å²) in [5.74, 6) is -0.928. The molecule has 3 N–H and O–H groups in total. The summed E-state index contributed by atoms with van der Waals surface area (Å²) in [6.45, 7) is 1.39. The normalized spacial score (nSPS) is 10.6. The summed E-state index contributed by atoms with van der Waals surface area (Å²) in [6.07, 6.45) is 1.81. The first-order chi connectivity index (χ1) is 8.00. The molecule has 0 aliphatic carbocycles. The summed E-state index contributed by atoms with van der Waals surface area (Å²) < 4.78 is 12.9. The van der Waals surface area contributed by atoms with E-state index >= 15 is 0 Å². The topological polar surface area (TPSA) is 71.2 Å². The van der Waals surface area contributed by atoms with Crippen LogP contribution in [0.5, 0.6) is 0 Å². The third-order valence-corrected chi connectivity index (χ3v) is 2.20. The van der Waals surface area contributed by atoms with E-state index in [9.17, 15) is 9.18 Å². The molecule has 0 radical (unpaired) electrons. The number of nitrogens with one attached hydrogen (secondary N) is 1. The molecular formula is C11H17FN4O. The van der Waals surface area contributed by atoms with Gasteiger partial charge in [-0.15, -0.1) is 0 Å². The van der Waals surface area contributed by atoms with Crippen LogP contribution in [-0.2, 0) is 0 Å². The molecule has 1 aromatic heterocycles. The maximum Gasteiger partial charge on any atom is 0.255 e. The van der Waals surface area contributed by atoms with Gasteiger partial charge in [-0.1, -0.05) is 0 Å². The van der Waals surface area contributed by atoms with Crippen molar-refractivity contribution in [2.75, 3.05) is 32.9 Å². The smallest absolute Gasteiger partial charge is 0.255 e. The molecule has 0 spiro atoms. The van der Waals surface area contributed by atoms with Gasteiger partial charge in [0, 0.05) is 6.54 Å². The molecule has 0 bridgehead atoms. The lowest BCUT2D eigenvalue weighted by Crippen LogP contribution is -2.28. The van der Waals surface area contributed by atoms with E-state index in [-0.39, 0.29) is 11.4 Å². The number of hydrogen-bond acceptors (Lipinski definition) is 4. The van der Waals surface area contributed by atoms with Crippen molar-refractivity contribution < 1.29 is 9.18 Å². The van der Waals surface area contributed by atoms with Gasteiger partial charge in [0.05, 0.1) is 11.8 Å². The molecule has 0 aromatic carbocycles. The lowest BCUT2D eigenvalue weighted by molar-refractivity contribution is 0.0952. The molecule has 17 heavy (non-hydrogen) atoms. The Morgan fingerprint density at radius 2 is 2.29 bits per heavy atom. The minimum Gasteiger partial charge on any atom is -0.383 e. The zero-order valence-corrected chi connectivity index (χ0v) is 10.0. The van der Waals surface area contributed by atoms with E-state index in [4.69, 9.17) is 5.73 Å². The van der Waals surface area contributed by atoms with Crippen molar-refractivity contribution >= 4 is 11.7 Å². The first-order valence-electron chi connectivity index (χ1n) is 5.34. The molecule has 6 heteroatoms. The molecule has 0 saturated carbocycles. The fourth-order valence-electron chi connectivity index (χ4n) is 1.32. The van der Waals surface area contributed by atoms with Gasteiger partial charge in [0.15, 0.2) is 0 Å². The maximum absolute atomic E-state index is 12.9. The van der Waals surface area contributed by atoms with Crippen LogP contribution >= 0.6 is 0 Å². The summed E-state index contributed by atoms with van der Waals surface area (Å²) in [4.78, 5) is 17.3. The maximum atomic E-state index is 12.9. The van der Waals surface area contributed by atoms with Crippen LogP contribution in [0.3, 0.4) is 0 Å². The summed E-state index contributed by atoms with van der Waals surface area (Å²) in [5.41, 5.74) is 5.57. The van der Waals surface area contributed by atoms with Crippen LogP contribution in [0.1, 0.15) is 16.8 Å². The van der Waals surface area contributed by atoms with Crippen molar-refractivity contribution in [2.45, 2.75) is 6.42 Å². The molecule has 0 saturated heterocycles. The lowest BCUT2D eigenvalue weighted by atomic mass is 10.2. The first-order valence-corrected chi connectivity index (χ1v) is 5.34.